The summed E-state index contributed by atoms with van der Waals surface area (Å²) >= 11 is 0. The van der Waals surface area contributed by atoms with Gasteiger partial charge in [-0.15, -0.1) is 0 Å². The summed E-state index contributed by atoms with van der Waals surface area (Å²) in [4.78, 5) is 12.0. The number of unbranched alkanes of at least 4 members (excludes halogenated alkanes) is 3. The summed E-state index contributed by atoms with van der Waals surface area (Å²) < 4.78 is 5.39. The van der Waals surface area contributed by atoms with Gasteiger partial charge in [-0.05, 0) is 30.7 Å². The molecule has 0 N–H and O–H groups in total. The molecule has 0 spiro atoms. The number of carbonyl (C=O) groups is 1. The van der Waals surface area contributed by atoms with Crippen LogP contribution in [-0.4, -0.2) is 12.6 Å². The van der Waals surface area contributed by atoms with E-state index in [0.717, 1.165) is 25.7 Å². The van der Waals surface area contributed by atoms with Crippen molar-refractivity contribution >= 4 is 5.97 Å². The number of hydrogen-bond donors (Lipinski definition) is 0. The smallest absolute Gasteiger partial charge is 0.308 e. The van der Waals surface area contributed by atoms with Crippen LogP contribution in [0.5, 0.6) is 0 Å². The molecule has 118 valence electrons. The summed E-state index contributed by atoms with van der Waals surface area (Å²) in [7, 11) is 0. The highest BCUT2D eigenvalue weighted by Gasteiger charge is 2.20. The second-order valence-electron chi connectivity index (χ2n) is 5.88. The van der Waals surface area contributed by atoms with Gasteiger partial charge in [0.05, 0.1) is 12.5 Å². The van der Waals surface area contributed by atoms with Crippen molar-refractivity contribution in [1.29, 1.82) is 0 Å². The SMILES string of the molecule is CCCCCCOC(=O)C(C)CC(CC)c1ccccc1. The summed E-state index contributed by atoms with van der Waals surface area (Å²) in [6.45, 7) is 6.92. The lowest BCUT2D eigenvalue weighted by molar-refractivity contribution is -0.148. The zero-order valence-corrected chi connectivity index (χ0v) is 13.8. The largest absolute Gasteiger partial charge is 0.465 e. The van der Waals surface area contributed by atoms with Crippen LogP contribution in [-0.2, 0) is 9.53 Å². The zero-order valence-electron chi connectivity index (χ0n) is 13.8. The van der Waals surface area contributed by atoms with Gasteiger partial charge in [0.15, 0.2) is 0 Å². The van der Waals surface area contributed by atoms with E-state index in [4.69, 9.17) is 4.74 Å². The van der Waals surface area contributed by atoms with Crippen molar-refractivity contribution in [3.63, 3.8) is 0 Å². The number of hydrogen-bond acceptors (Lipinski definition) is 2. The fourth-order valence-electron chi connectivity index (χ4n) is 2.63. The fraction of sp³-hybridized carbons (Fsp3) is 0.632. The Balaban J connectivity index is 2.36. The molecule has 0 amide bonds. The van der Waals surface area contributed by atoms with Crippen molar-refractivity contribution in [2.24, 2.45) is 5.92 Å². The fourth-order valence-corrected chi connectivity index (χ4v) is 2.63. The van der Waals surface area contributed by atoms with Crippen LogP contribution in [0.4, 0.5) is 0 Å². The second kappa shape index (κ2) is 10.4. The van der Waals surface area contributed by atoms with Crippen LogP contribution in [0, 0.1) is 5.92 Å². The van der Waals surface area contributed by atoms with Crippen LogP contribution in [0.2, 0.25) is 0 Å². The van der Waals surface area contributed by atoms with Crippen molar-refractivity contribution in [2.75, 3.05) is 6.61 Å². The molecular formula is C19H30O2. The average molecular weight is 290 g/mol. The predicted octanol–water partition coefficient (Wildman–Crippen LogP) is 5.33. The Morgan fingerprint density at radius 3 is 2.43 bits per heavy atom. The van der Waals surface area contributed by atoms with Gasteiger partial charge in [-0.1, -0.05) is 70.4 Å². The van der Waals surface area contributed by atoms with E-state index in [0.29, 0.717) is 12.5 Å². The van der Waals surface area contributed by atoms with Crippen LogP contribution >= 0.6 is 0 Å². The van der Waals surface area contributed by atoms with E-state index in [1.807, 2.05) is 13.0 Å². The maximum absolute atomic E-state index is 12.0. The van der Waals surface area contributed by atoms with Gasteiger partial charge in [-0.3, -0.25) is 4.79 Å². The van der Waals surface area contributed by atoms with Crippen molar-refractivity contribution in [1.82, 2.24) is 0 Å². The topological polar surface area (TPSA) is 26.3 Å². The number of carbonyl (C=O) groups excluding carboxylic acids is 1. The van der Waals surface area contributed by atoms with Gasteiger partial charge in [-0.2, -0.15) is 0 Å². The lowest BCUT2D eigenvalue weighted by atomic mass is 9.88. The molecule has 0 fully saturated rings. The standard InChI is InChI=1S/C19H30O2/c1-4-6-7-11-14-21-19(20)16(3)15-17(5-2)18-12-9-8-10-13-18/h8-10,12-13,16-17H,4-7,11,14-15H2,1-3H3. The van der Waals surface area contributed by atoms with Crippen molar-refractivity contribution in [2.45, 2.75) is 65.2 Å². The van der Waals surface area contributed by atoms with Gasteiger partial charge in [0.2, 0.25) is 0 Å². The highest BCUT2D eigenvalue weighted by molar-refractivity contribution is 5.72. The summed E-state index contributed by atoms with van der Waals surface area (Å²) in [5.41, 5.74) is 1.32. The second-order valence-corrected chi connectivity index (χ2v) is 5.88. The van der Waals surface area contributed by atoms with Gasteiger partial charge in [0.25, 0.3) is 0 Å². The highest BCUT2D eigenvalue weighted by Crippen LogP contribution is 2.27. The van der Waals surface area contributed by atoms with Crippen LogP contribution in [0.1, 0.15) is 70.8 Å². The quantitative estimate of drug-likeness (QED) is 0.430. The highest BCUT2D eigenvalue weighted by atomic mass is 16.5. The molecule has 2 atom stereocenters. The first-order chi connectivity index (χ1) is 10.2. The molecule has 21 heavy (non-hydrogen) atoms. The zero-order chi connectivity index (χ0) is 15.5. The van der Waals surface area contributed by atoms with Gasteiger partial charge >= 0.3 is 5.97 Å². The molecule has 0 aromatic heterocycles. The molecule has 1 rings (SSSR count). The monoisotopic (exact) mass is 290 g/mol. The van der Waals surface area contributed by atoms with E-state index < -0.39 is 0 Å². The van der Waals surface area contributed by atoms with Crippen molar-refractivity contribution < 1.29 is 9.53 Å². The predicted molar refractivity (Wildman–Crippen MR) is 88.4 cm³/mol. The van der Waals surface area contributed by atoms with Crippen molar-refractivity contribution in [3.8, 4) is 0 Å². The maximum atomic E-state index is 12.0. The Bertz CT molecular complexity index is 386. The Hall–Kier alpha value is -1.31. The van der Waals surface area contributed by atoms with E-state index in [1.165, 1.54) is 18.4 Å². The minimum absolute atomic E-state index is 0.0265. The first-order valence-electron chi connectivity index (χ1n) is 8.40. The van der Waals surface area contributed by atoms with E-state index in [9.17, 15) is 4.79 Å². The Labute approximate surface area is 129 Å². The summed E-state index contributed by atoms with van der Waals surface area (Å²) in [5.74, 6) is 0.371. The number of benzene rings is 1. The van der Waals surface area contributed by atoms with Gasteiger partial charge in [0, 0.05) is 0 Å². The Kier molecular flexibility index (Phi) is 8.80. The average Bonchev–Trinajstić information content (AvgIpc) is 2.52. The number of esters is 1. The lowest BCUT2D eigenvalue weighted by Crippen LogP contribution is -2.18. The van der Waals surface area contributed by atoms with E-state index in [1.54, 1.807) is 0 Å². The first kappa shape index (κ1) is 17.7. The molecule has 0 aliphatic carbocycles. The molecule has 0 saturated carbocycles. The summed E-state index contributed by atoms with van der Waals surface area (Å²) in [6, 6.07) is 10.5. The Morgan fingerprint density at radius 2 is 1.81 bits per heavy atom. The van der Waals surface area contributed by atoms with E-state index >= 15 is 0 Å². The molecule has 0 aliphatic heterocycles. The maximum Gasteiger partial charge on any atom is 0.308 e. The van der Waals surface area contributed by atoms with Crippen LogP contribution in [0.25, 0.3) is 0 Å². The molecule has 2 unspecified atom stereocenters. The molecule has 0 saturated heterocycles. The number of rotatable bonds is 10. The van der Waals surface area contributed by atoms with E-state index in [-0.39, 0.29) is 11.9 Å². The Morgan fingerprint density at radius 1 is 1.10 bits per heavy atom. The molecule has 2 nitrogen and oxygen atoms in total. The molecule has 2 heteroatoms. The van der Waals surface area contributed by atoms with Gasteiger partial charge in [0.1, 0.15) is 0 Å². The molecule has 0 aliphatic rings. The summed E-state index contributed by atoms with van der Waals surface area (Å²) in [6.07, 6.45) is 6.49. The van der Waals surface area contributed by atoms with Crippen molar-refractivity contribution in [3.05, 3.63) is 35.9 Å². The third-order valence-corrected chi connectivity index (χ3v) is 4.05. The molecule has 1 aromatic carbocycles. The minimum atomic E-state index is -0.0409. The third kappa shape index (κ3) is 6.79. The van der Waals surface area contributed by atoms with Crippen LogP contribution in [0.3, 0.4) is 0 Å². The molecule has 0 bridgehead atoms. The van der Waals surface area contributed by atoms with Gasteiger partial charge in [-0.25, -0.2) is 0 Å². The molecular weight excluding hydrogens is 260 g/mol. The molecule has 0 heterocycles. The van der Waals surface area contributed by atoms with Gasteiger partial charge < -0.3 is 4.74 Å². The lowest BCUT2D eigenvalue weighted by Gasteiger charge is -2.19. The van der Waals surface area contributed by atoms with Crippen LogP contribution in [0.15, 0.2) is 30.3 Å². The summed E-state index contributed by atoms with van der Waals surface area (Å²) in [5, 5.41) is 0. The molecule has 0 radical (unpaired) electrons. The van der Waals surface area contributed by atoms with E-state index in [2.05, 4.69) is 38.1 Å². The minimum Gasteiger partial charge on any atom is -0.465 e. The normalized spacial score (nSPS) is 13.7. The third-order valence-electron chi connectivity index (χ3n) is 4.05. The van der Waals surface area contributed by atoms with Crippen LogP contribution < -0.4 is 0 Å². The first-order valence-corrected chi connectivity index (χ1v) is 8.40. The molecule has 1 aromatic rings. The number of ether oxygens (including phenoxy) is 1.